The van der Waals surface area contributed by atoms with Gasteiger partial charge in [-0.15, -0.1) is 11.3 Å². The molecule has 0 radical (unpaired) electrons. The van der Waals surface area contributed by atoms with Crippen molar-refractivity contribution >= 4 is 65.1 Å². The number of furan rings is 1. The van der Waals surface area contributed by atoms with Crippen molar-refractivity contribution in [2.45, 2.75) is 6.17 Å². The Balaban J connectivity index is 1.16. The van der Waals surface area contributed by atoms with Crippen LogP contribution in [0.4, 0.5) is 0 Å². The van der Waals surface area contributed by atoms with Crippen LogP contribution in [0.15, 0.2) is 178 Å². The van der Waals surface area contributed by atoms with Crippen LogP contribution >= 0.6 is 11.3 Å². The predicted molar refractivity (Wildman–Crippen MR) is 209 cm³/mol. The topological polar surface area (TPSA) is 49.9 Å². The Morgan fingerprint density at radius 1 is 0.500 bits per heavy atom. The summed E-state index contributed by atoms with van der Waals surface area (Å²) in [6.45, 7) is 0. The van der Waals surface area contributed by atoms with Gasteiger partial charge in [-0.25, -0.2) is 9.98 Å². The van der Waals surface area contributed by atoms with E-state index >= 15 is 0 Å². The van der Waals surface area contributed by atoms with Crippen LogP contribution in [0.3, 0.4) is 0 Å². The van der Waals surface area contributed by atoms with Gasteiger partial charge in [0.15, 0.2) is 5.84 Å². The number of benzene rings is 7. The molecular formula is C45H29N3OS. The third-order valence-electron chi connectivity index (χ3n) is 9.55. The lowest BCUT2D eigenvalue weighted by molar-refractivity contribution is 0.668. The van der Waals surface area contributed by atoms with Crippen LogP contribution in [0.25, 0.3) is 64.4 Å². The summed E-state index contributed by atoms with van der Waals surface area (Å²) < 4.78 is 9.13. The van der Waals surface area contributed by atoms with Gasteiger partial charge in [-0.2, -0.15) is 0 Å². The minimum Gasteiger partial charge on any atom is -0.456 e. The van der Waals surface area contributed by atoms with Gasteiger partial charge < -0.3 is 9.73 Å². The van der Waals surface area contributed by atoms with Crippen LogP contribution in [-0.4, -0.2) is 11.7 Å². The van der Waals surface area contributed by atoms with E-state index in [1.807, 2.05) is 35.6 Å². The SMILES string of the molecule is c1ccc(-c2ccc(C3=NC(c4ccccc4)NC(c4cc(-c5ccc6sc7ccccc7c6c5)cc5oc6ccccc6c45)=N3)cc2)cc1. The van der Waals surface area contributed by atoms with E-state index in [0.29, 0.717) is 5.84 Å². The monoisotopic (exact) mass is 659 g/mol. The molecule has 236 valence electrons. The second kappa shape index (κ2) is 11.7. The summed E-state index contributed by atoms with van der Waals surface area (Å²) >= 11 is 1.83. The maximum atomic E-state index is 6.56. The molecule has 0 saturated carbocycles. The van der Waals surface area contributed by atoms with Crippen molar-refractivity contribution in [3.8, 4) is 22.3 Å². The second-order valence-electron chi connectivity index (χ2n) is 12.6. The lowest BCUT2D eigenvalue weighted by Gasteiger charge is -2.24. The molecule has 50 heavy (non-hydrogen) atoms. The summed E-state index contributed by atoms with van der Waals surface area (Å²) in [5, 5.41) is 8.35. The van der Waals surface area contributed by atoms with Crippen LogP contribution < -0.4 is 5.32 Å². The van der Waals surface area contributed by atoms with E-state index in [2.05, 4.69) is 145 Å². The van der Waals surface area contributed by atoms with E-state index in [0.717, 1.165) is 61.2 Å². The third-order valence-corrected chi connectivity index (χ3v) is 10.7. The van der Waals surface area contributed by atoms with E-state index < -0.39 is 0 Å². The van der Waals surface area contributed by atoms with Crippen LogP contribution in [0, 0.1) is 0 Å². The summed E-state index contributed by atoms with van der Waals surface area (Å²) in [5.41, 5.74) is 9.22. The first-order valence-electron chi connectivity index (χ1n) is 16.8. The van der Waals surface area contributed by atoms with E-state index in [1.165, 1.54) is 25.7 Å². The van der Waals surface area contributed by atoms with Gasteiger partial charge in [0.1, 0.15) is 23.2 Å². The van der Waals surface area contributed by atoms with Crippen molar-refractivity contribution in [3.05, 3.63) is 180 Å². The summed E-state index contributed by atoms with van der Waals surface area (Å²) in [7, 11) is 0. The lowest BCUT2D eigenvalue weighted by Crippen LogP contribution is -2.33. The quantitative estimate of drug-likeness (QED) is 0.200. The Morgan fingerprint density at radius 2 is 1.16 bits per heavy atom. The number of para-hydroxylation sites is 1. The Labute approximate surface area is 292 Å². The molecule has 0 bridgehead atoms. The number of aliphatic imine (C=N–C) groups is 2. The number of fused-ring (bicyclic) bond motifs is 6. The smallest absolute Gasteiger partial charge is 0.159 e. The molecular weight excluding hydrogens is 631 g/mol. The molecule has 1 atom stereocenters. The molecule has 1 unspecified atom stereocenters. The van der Waals surface area contributed by atoms with E-state index in [9.17, 15) is 0 Å². The fourth-order valence-corrected chi connectivity index (χ4v) is 8.16. The zero-order valence-corrected chi connectivity index (χ0v) is 27.7. The number of hydrogen-bond acceptors (Lipinski definition) is 5. The Kier molecular flexibility index (Phi) is 6.71. The fraction of sp³-hybridized carbons (Fsp3) is 0.0222. The zero-order chi connectivity index (χ0) is 33.0. The molecule has 0 aliphatic carbocycles. The van der Waals surface area contributed by atoms with Crippen LogP contribution in [-0.2, 0) is 0 Å². The highest BCUT2D eigenvalue weighted by Crippen LogP contribution is 2.40. The molecule has 0 spiro atoms. The standard InChI is InChI=1S/C45H29N3OS/c1-3-11-28(12-4-1)29-19-21-31(22-20-29)44-46-43(30-13-5-2-6-14-30)47-45(48-44)37-26-33(27-39-42(37)35-16-7-9-17-38(35)49-39)32-23-24-41-36(25-32)34-15-8-10-18-40(34)50-41/h1-27,43H,(H,46,47,48). The summed E-state index contributed by atoms with van der Waals surface area (Å²) in [6, 6.07) is 57.4. The lowest BCUT2D eigenvalue weighted by atomic mass is 9.96. The second-order valence-corrected chi connectivity index (χ2v) is 13.7. The van der Waals surface area contributed by atoms with Gasteiger partial charge >= 0.3 is 0 Å². The fourth-order valence-electron chi connectivity index (χ4n) is 7.08. The summed E-state index contributed by atoms with van der Waals surface area (Å²) in [6.07, 6.45) is -0.321. The average molecular weight is 660 g/mol. The van der Waals surface area contributed by atoms with Crippen molar-refractivity contribution in [2.24, 2.45) is 9.98 Å². The molecule has 2 aromatic heterocycles. The molecule has 1 aliphatic heterocycles. The summed E-state index contributed by atoms with van der Waals surface area (Å²) in [5.74, 6) is 1.45. The maximum Gasteiger partial charge on any atom is 0.159 e. The largest absolute Gasteiger partial charge is 0.456 e. The molecule has 1 N–H and O–H groups in total. The minimum absolute atomic E-state index is 0.321. The molecule has 7 aromatic carbocycles. The molecule has 4 nitrogen and oxygen atoms in total. The molecule has 10 rings (SSSR count). The number of nitrogens with zero attached hydrogens (tertiary/aromatic N) is 2. The van der Waals surface area contributed by atoms with Gasteiger partial charge in [-0.3, -0.25) is 0 Å². The van der Waals surface area contributed by atoms with Crippen molar-refractivity contribution in [1.82, 2.24) is 5.32 Å². The Hall–Kier alpha value is -6.30. The first kappa shape index (κ1) is 28.7. The highest BCUT2D eigenvalue weighted by Gasteiger charge is 2.25. The number of hydrogen-bond donors (Lipinski definition) is 1. The van der Waals surface area contributed by atoms with Gasteiger partial charge in [0.2, 0.25) is 0 Å². The third kappa shape index (κ3) is 4.90. The first-order chi connectivity index (χ1) is 24.7. The highest BCUT2D eigenvalue weighted by atomic mass is 32.1. The molecule has 1 aliphatic rings. The van der Waals surface area contributed by atoms with Crippen molar-refractivity contribution in [2.75, 3.05) is 0 Å². The van der Waals surface area contributed by atoms with Crippen LogP contribution in [0.2, 0.25) is 0 Å². The van der Waals surface area contributed by atoms with Crippen molar-refractivity contribution in [3.63, 3.8) is 0 Å². The van der Waals surface area contributed by atoms with Crippen LogP contribution in [0.1, 0.15) is 22.9 Å². The Morgan fingerprint density at radius 3 is 2.00 bits per heavy atom. The van der Waals surface area contributed by atoms with E-state index in [4.69, 9.17) is 14.4 Å². The average Bonchev–Trinajstić information content (AvgIpc) is 3.76. The van der Waals surface area contributed by atoms with Gasteiger partial charge in [0.05, 0.1) is 0 Å². The number of nitrogens with one attached hydrogen (secondary N) is 1. The van der Waals surface area contributed by atoms with Crippen molar-refractivity contribution < 1.29 is 4.42 Å². The zero-order valence-electron chi connectivity index (χ0n) is 26.9. The Bertz CT molecular complexity index is 2780. The number of thiophene rings is 1. The maximum absolute atomic E-state index is 6.56. The normalized spacial score (nSPS) is 14.6. The van der Waals surface area contributed by atoms with Gasteiger partial charge in [0.25, 0.3) is 0 Å². The first-order valence-corrected chi connectivity index (χ1v) is 17.6. The minimum atomic E-state index is -0.321. The number of rotatable bonds is 5. The molecule has 0 saturated heterocycles. The molecule has 3 heterocycles. The molecule has 0 fully saturated rings. The van der Waals surface area contributed by atoms with E-state index in [-0.39, 0.29) is 6.17 Å². The number of amidine groups is 2. The van der Waals surface area contributed by atoms with Gasteiger partial charge in [-0.1, -0.05) is 127 Å². The van der Waals surface area contributed by atoms with Gasteiger partial charge in [0, 0.05) is 42.1 Å². The molecule has 0 amide bonds. The molecule has 9 aromatic rings. The molecule has 5 heteroatoms. The van der Waals surface area contributed by atoms with Gasteiger partial charge in [-0.05, 0) is 64.2 Å². The van der Waals surface area contributed by atoms with Crippen LogP contribution in [0.5, 0.6) is 0 Å². The highest BCUT2D eigenvalue weighted by molar-refractivity contribution is 7.25. The van der Waals surface area contributed by atoms with E-state index in [1.54, 1.807) is 0 Å². The van der Waals surface area contributed by atoms with Crippen molar-refractivity contribution in [1.29, 1.82) is 0 Å². The summed E-state index contributed by atoms with van der Waals surface area (Å²) in [4.78, 5) is 10.4. The predicted octanol–water partition coefficient (Wildman–Crippen LogP) is 11.8.